The summed E-state index contributed by atoms with van der Waals surface area (Å²) in [6, 6.07) is 3.91. The van der Waals surface area contributed by atoms with Gasteiger partial charge in [-0.25, -0.2) is 9.97 Å². The van der Waals surface area contributed by atoms with Crippen LogP contribution in [-0.4, -0.2) is 15.0 Å². The molecule has 0 spiro atoms. The first-order valence-corrected chi connectivity index (χ1v) is 4.26. The lowest BCUT2D eigenvalue weighted by Gasteiger charge is -1.97. The number of nitrogens with one attached hydrogen (secondary N) is 1. The van der Waals surface area contributed by atoms with Crippen molar-refractivity contribution < 1.29 is 0 Å². The summed E-state index contributed by atoms with van der Waals surface area (Å²) in [5.74, 6) is 0. The summed E-state index contributed by atoms with van der Waals surface area (Å²) in [5.41, 5.74) is 1.99. The molecule has 0 aromatic carbocycles. The highest BCUT2D eigenvalue weighted by molar-refractivity contribution is 9.10. The summed E-state index contributed by atoms with van der Waals surface area (Å²) < 4.78 is 0.806. The van der Waals surface area contributed by atoms with Gasteiger partial charge in [0.15, 0.2) is 0 Å². The van der Waals surface area contributed by atoms with Gasteiger partial charge < -0.3 is 4.98 Å². The average molecular weight is 224 g/mol. The first-order valence-electron chi connectivity index (χ1n) is 3.47. The maximum absolute atomic E-state index is 4.02. The Morgan fingerprint density at radius 1 is 1.42 bits per heavy atom. The van der Waals surface area contributed by atoms with Gasteiger partial charge in [0.1, 0.15) is 10.9 Å². The van der Waals surface area contributed by atoms with Gasteiger partial charge in [0.25, 0.3) is 0 Å². The van der Waals surface area contributed by atoms with E-state index in [-0.39, 0.29) is 0 Å². The zero-order chi connectivity index (χ0) is 8.39. The Morgan fingerprint density at radius 3 is 3.00 bits per heavy atom. The van der Waals surface area contributed by atoms with Crippen molar-refractivity contribution in [2.75, 3.05) is 0 Å². The summed E-state index contributed by atoms with van der Waals surface area (Å²) in [5, 5.41) is 0. The Bertz CT molecular complexity index is 370. The molecule has 12 heavy (non-hydrogen) atoms. The van der Waals surface area contributed by atoms with Crippen LogP contribution in [0.2, 0.25) is 0 Å². The zero-order valence-corrected chi connectivity index (χ0v) is 7.75. The predicted octanol–water partition coefficient (Wildman–Crippen LogP) is 2.23. The Kier molecular flexibility index (Phi) is 1.91. The van der Waals surface area contributed by atoms with Gasteiger partial charge in [0.2, 0.25) is 0 Å². The van der Waals surface area contributed by atoms with E-state index in [0.717, 1.165) is 15.9 Å². The second-order valence-corrected chi connectivity index (χ2v) is 3.06. The highest BCUT2D eigenvalue weighted by Gasteiger charge is 2.02. The molecule has 3 nitrogen and oxygen atoms in total. The van der Waals surface area contributed by atoms with Crippen LogP contribution >= 0.6 is 15.9 Å². The van der Waals surface area contributed by atoms with Gasteiger partial charge in [-0.05, 0) is 28.1 Å². The summed E-state index contributed by atoms with van der Waals surface area (Å²) in [7, 11) is 0. The summed E-state index contributed by atoms with van der Waals surface area (Å²) in [4.78, 5) is 11.0. The molecule has 2 aromatic heterocycles. The molecular weight excluding hydrogens is 218 g/mol. The minimum absolute atomic E-state index is 0.806. The largest absolute Gasteiger partial charge is 0.361 e. The lowest BCUT2D eigenvalue weighted by atomic mass is 10.2. The van der Waals surface area contributed by atoms with Crippen molar-refractivity contribution in [1.29, 1.82) is 0 Å². The Morgan fingerprint density at radius 2 is 2.33 bits per heavy atom. The van der Waals surface area contributed by atoms with Crippen molar-refractivity contribution in [2.45, 2.75) is 0 Å². The molecule has 0 radical (unpaired) electrons. The molecular formula is C8H6BrN3. The fraction of sp³-hybridized carbons (Fsp3) is 0. The molecule has 4 heteroatoms. The van der Waals surface area contributed by atoms with Crippen molar-refractivity contribution >= 4 is 15.9 Å². The molecule has 0 bridgehead atoms. The second-order valence-electron chi connectivity index (χ2n) is 2.31. The first kappa shape index (κ1) is 7.49. The standard InChI is InChI=1S/C8H6BrN3/c9-8-6(4-10-5-12-8)7-2-1-3-11-7/h1-5,11H. The average Bonchev–Trinajstić information content (AvgIpc) is 2.57. The highest BCUT2D eigenvalue weighted by atomic mass is 79.9. The molecule has 0 saturated carbocycles. The van der Waals surface area contributed by atoms with Gasteiger partial charge in [-0.2, -0.15) is 0 Å². The van der Waals surface area contributed by atoms with Crippen LogP contribution in [0.3, 0.4) is 0 Å². The van der Waals surface area contributed by atoms with Crippen LogP contribution in [-0.2, 0) is 0 Å². The van der Waals surface area contributed by atoms with E-state index in [2.05, 4.69) is 30.9 Å². The molecule has 0 saturated heterocycles. The topological polar surface area (TPSA) is 41.6 Å². The molecule has 1 N–H and O–H groups in total. The summed E-state index contributed by atoms with van der Waals surface area (Å²) in [6.07, 6.45) is 5.15. The molecule has 0 aliphatic rings. The Hall–Kier alpha value is -1.16. The van der Waals surface area contributed by atoms with Crippen molar-refractivity contribution in [3.05, 3.63) is 35.5 Å². The molecule has 2 aromatic rings. The van der Waals surface area contributed by atoms with Gasteiger partial charge in [-0.15, -0.1) is 0 Å². The van der Waals surface area contributed by atoms with Crippen LogP contribution in [0.4, 0.5) is 0 Å². The summed E-state index contributed by atoms with van der Waals surface area (Å²) in [6.45, 7) is 0. The second kappa shape index (κ2) is 3.06. The molecule has 2 rings (SSSR count). The summed E-state index contributed by atoms with van der Waals surface area (Å²) >= 11 is 3.35. The van der Waals surface area contributed by atoms with E-state index in [0.29, 0.717) is 0 Å². The quantitative estimate of drug-likeness (QED) is 0.754. The van der Waals surface area contributed by atoms with Crippen molar-refractivity contribution in [2.24, 2.45) is 0 Å². The van der Waals surface area contributed by atoms with E-state index in [1.54, 1.807) is 6.20 Å². The third-order valence-corrected chi connectivity index (χ3v) is 2.18. The minimum atomic E-state index is 0.806. The SMILES string of the molecule is Brc1ncncc1-c1ccc[nH]1. The number of halogens is 1. The van der Waals surface area contributed by atoms with Crippen LogP contribution in [0, 0.1) is 0 Å². The number of nitrogens with zero attached hydrogens (tertiary/aromatic N) is 2. The maximum Gasteiger partial charge on any atom is 0.118 e. The fourth-order valence-corrected chi connectivity index (χ4v) is 1.40. The molecule has 0 unspecified atom stereocenters. The molecule has 0 aliphatic heterocycles. The van der Waals surface area contributed by atoms with Crippen molar-refractivity contribution in [1.82, 2.24) is 15.0 Å². The number of rotatable bonds is 1. The Balaban J connectivity index is 2.55. The highest BCUT2D eigenvalue weighted by Crippen LogP contribution is 2.22. The van der Waals surface area contributed by atoms with E-state index in [1.165, 1.54) is 6.33 Å². The number of hydrogen-bond acceptors (Lipinski definition) is 2. The van der Waals surface area contributed by atoms with Gasteiger partial charge >= 0.3 is 0 Å². The van der Waals surface area contributed by atoms with Gasteiger partial charge in [0, 0.05) is 23.7 Å². The van der Waals surface area contributed by atoms with Crippen LogP contribution in [0.1, 0.15) is 0 Å². The molecule has 0 aliphatic carbocycles. The molecule has 2 heterocycles. The predicted molar refractivity (Wildman–Crippen MR) is 49.5 cm³/mol. The van der Waals surface area contributed by atoms with Gasteiger partial charge in [-0.3, -0.25) is 0 Å². The van der Waals surface area contributed by atoms with Gasteiger partial charge in [0.05, 0.1) is 0 Å². The van der Waals surface area contributed by atoms with Crippen molar-refractivity contribution in [3.8, 4) is 11.3 Å². The number of hydrogen-bond donors (Lipinski definition) is 1. The van der Waals surface area contributed by atoms with Crippen molar-refractivity contribution in [3.63, 3.8) is 0 Å². The first-order chi connectivity index (χ1) is 5.88. The van der Waals surface area contributed by atoms with Crippen LogP contribution in [0.5, 0.6) is 0 Å². The minimum Gasteiger partial charge on any atom is -0.361 e. The van der Waals surface area contributed by atoms with E-state index < -0.39 is 0 Å². The number of aromatic nitrogens is 3. The third-order valence-electron chi connectivity index (χ3n) is 1.55. The van der Waals surface area contributed by atoms with E-state index in [9.17, 15) is 0 Å². The monoisotopic (exact) mass is 223 g/mol. The zero-order valence-electron chi connectivity index (χ0n) is 6.16. The number of H-pyrrole nitrogens is 1. The normalized spacial score (nSPS) is 10.1. The fourth-order valence-electron chi connectivity index (χ4n) is 0.993. The van der Waals surface area contributed by atoms with Crippen LogP contribution < -0.4 is 0 Å². The van der Waals surface area contributed by atoms with E-state index in [1.807, 2.05) is 18.3 Å². The van der Waals surface area contributed by atoms with Crippen LogP contribution in [0.15, 0.2) is 35.5 Å². The maximum atomic E-state index is 4.02. The van der Waals surface area contributed by atoms with Crippen LogP contribution in [0.25, 0.3) is 11.3 Å². The Labute approximate surface area is 78.0 Å². The lowest BCUT2D eigenvalue weighted by molar-refractivity contribution is 1.14. The molecule has 0 atom stereocenters. The van der Waals surface area contributed by atoms with Gasteiger partial charge in [-0.1, -0.05) is 0 Å². The third kappa shape index (κ3) is 1.25. The van der Waals surface area contributed by atoms with E-state index in [4.69, 9.17) is 0 Å². The molecule has 0 fully saturated rings. The lowest BCUT2D eigenvalue weighted by Crippen LogP contribution is -1.84. The molecule has 0 amide bonds. The smallest absolute Gasteiger partial charge is 0.118 e. The molecule has 60 valence electrons. The van der Waals surface area contributed by atoms with E-state index >= 15 is 0 Å². The number of aromatic amines is 1.